The summed E-state index contributed by atoms with van der Waals surface area (Å²) in [5.41, 5.74) is 12.8. The second kappa shape index (κ2) is 10.7. The molecule has 0 nitrogen and oxygen atoms in total. The SMILES string of the molecule is Cc1c(C)c(C)c(C)c(C)c1C.Cc1cc(C)cc(C)c1.c1ccccc1. The van der Waals surface area contributed by atoms with E-state index in [1.165, 1.54) is 50.1 Å². The van der Waals surface area contributed by atoms with Gasteiger partial charge in [0.25, 0.3) is 0 Å². The maximum atomic E-state index is 2.21. The van der Waals surface area contributed by atoms with Crippen LogP contribution in [0.1, 0.15) is 50.1 Å². The lowest BCUT2D eigenvalue weighted by molar-refractivity contribution is 1.13. The number of hydrogen-bond donors (Lipinski definition) is 0. The molecule has 0 atom stereocenters. The summed E-state index contributed by atoms with van der Waals surface area (Å²) >= 11 is 0. The van der Waals surface area contributed by atoms with Crippen LogP contribution in [0, 0.1) is 62.3 Å². The van der Waals surface area contributed by atoms with Crippen LogP contribution in [0.2, 0.25) is 0 Å². The lowest BCUT2D eigenvalue weighted by atomic mass is 9.90. The van der Waals surface area contributed by atoms with Crippen molar-refractivity contribution in [2.75, 3.05) is 0 Å². The molecular formula is C27H36. The summed E-state index contributed by atoms with van der Waals surface area (Å²) in [6, 6.07) is 18.6. The van der Waals surface area contributed by atoms with Gasteiger partial charge in [-0.3, -0.25) is 0 Å². The molecule has 3 rings (SSSR count). The standard InChI is InChI=1S/C12H18.C9H12.C6H6/c1-7-8(2)10(4)12(6)11(5)9(7)3;1-7-4-8(2)6-9(3)5-7;1-2-4-6-5-3-1/h1-6H3;4-6H,1-3H3;1-6H. The van der Waals surface area contributed by atoms with E-state index in [9.17, 15) is 0 Å². The van der Waals surface area contributed by atoms with Crippen molar-refractivity contribution < 1.29 is 0 Å². The summed E-state index contributed by atoms with van der Waals surface area (Å²) in [4.78, 5) is 0. The highest BCUT2D eigenvalue weighted by Crippen LogP contribution is 2.24. The second-order valence-electron chi connectivity index (χ2n) is 7.57. The van der Waals surface area contributed by atoms with Crippen molar-refractivity contribution >= 4 is 0 Å². The molecule has 0 saturated heterocycles. The van der Waals surface area contributed by atoms with Crippen LogP contribution in [0.3, 0.4) is 0 Å². The fraction of sp³-hybridized carbons (Fsp3) is 0.333. The maximum absolute atomic E-state index is 2.21. The van der Waals surface area contributed by atoms with Crippen LogP contribution in [0.15, 0.2) is 54.6 Å². The van der Waals surface area contributed by atoms with E-state index < -0.39 is 0 Å². The minimum Gasteiger partial charge on any atom is -0.0623 e. The van der Waals surface area contributed by atoms with Gasteiger partial charge < -0.3 is 0 Å². The van der Waals surface area contributed by atoms with Crippen LogP contribution in [0.25, 0.3) is 0 Å². The molecule has 0 unspecified atom stereocenters. The molecule has 0 radical (unpaired) electrons. The molecule has 0 aliphatic rings. The number of aryl methyl sites for hydroxylation is 3. The quantitative estimate of drug-likeness (QED) is 0.383. The van der Waals surface area contributed by atoms with E-state index >= 15 is 0 Å². The van der Waals surface area contributed by atoms with Crippen molar-refractivity contribution in [3.8, 4) is 0 Å². The fourth-order valence-corrected chi connectivity index (χ4v) is 3.27. The summed E-state index contributed by atoms with van der Waals surface area (Å²) < 4.78 is 0. The normalized spacial score (nSPS) is 9.67. The number of hydrogen-bond acceptors (Lipinski definition) is 0. The van der Waals surface area contributed by atoms with E-state index in [4.69, 9.17) is 0 Å². The van der Waals surface area contributed by atoms with Gasteiger partial charge in [-0.25, -0.2) is 0 Å². The highest BCUT2D eigenvalue weighted by Gasteiger charge is 2.07. The lowest BCUT2D eigenvalue weighted by Gasteiger charge is -2.15. The van der Waals surface area contributed by atoms with E-state index in [1.54, 1.807) is 0 Å². The van der Waals surface area contributed by atoms with E-state index in [2.05, 4.69) is 80.5 Å². The molecule has 0 amide bonds. The Balaban J connectivity index is 0.000000214. The molecule has 0 spiro atoms. The third-order valence-electron chi connectivity index (χ3n) is 5.41. The Morgan fingerprint density at radius 2 is 0.444 bits per heavy atom. The molecule has 0 heterocycles. The van der Waals surface area contributed by atoms with Crippen molar-refractivity contribution in [1.82, 2.24) is 0 Å². The minimum atomic E-state index is 1.35. The minimum absolute atomic E-state index is 1.35. The van der Waals surface area contributed by atoms with Crippen LogP contribution in [-0.2, 0) is 0 Å². The first-order valence-electron chi connectivity index (χ1n) is 9.73. The van der Waals surface area contributed by atoms with Crippen molar-refractivity contribution in [2.24, 2.45) is 0 Å². The maximum Gasteiger partial charge on any atom is -0.0392 e. The second-order valence-corrected chi connectivity index (χ2v) is 7.57. The van der Waals surface area contributed by atoms with Crippen LogP contribution in [0.5, 0.6) is 0 Å². The average Bonchev–Trinajstić information content (AvgIpc) is 2.64. The Morgan fingerprint density at radius 1 is 0.296 bits per heavy atom. The molecule has 0 bridgehead atoms. The Bertz CT molecular complexity index is 673. The zero-order chi connectivity index (χ0) is 20.6. The van der Waals surface area contributed by atoms with Gasteiger partial charge in [0.1, 0.15) is 0 Å². The summed E-state index contributed by atoms with van der Waals surface area (Å²) in [5, 5.41) is 0. The first-order valence-corrected chi connectivity index (χ1v) is 9.73. The van der Waals surface area contributed by atoms with Gasteiger partial charge in [-0.1, -0.05) is 71.3 Å². The van der Waals surface area contributed by atoms with Crippen LogP contribution in [0.4, 0.5) is 0 Å². The van der Waals surface area contributed by atoms with Gasteiger partial charge in [-0.15, -0.1) is 0 Å². The number of rotatable bonds is 0. The van der Waals surface area contributed by atoms with Gasteiger partial charge in [0.2, 0.25) is 0 Å². The first kappa shape index (κ1) is 22.7. The Morgan fingerprint density at radius 3 is 0.593 bits per heavy atom. The predicted molar refractivity (Wildman–Crippen MR) is 122 cm³/mol. The van der Waals surface area contributed by atoms with Gasteiger partial charge in [0.15, 0.2) is 0 Å². The summed E-state index contributed by atoms with van der Waals surface area (Å²) in [5.74, 6) is 0. The molecular weight excluding hydrogens is 324 g/mol. The largest absolute Gasteiger partial charge is 0.0623 e. The monoisotopic (exact) mass is 360 g/mol. The fourth-order valence-electron chi connectivity index (χ4n) is 3.27. The summed E-state index contributed by atoms with van der Waals surface area (Å²) in [7, 11) is 0. The van der Waals surface area contributed by atoms with Gasteiger partial charge in [0.05, 0.1) is 0 Å². The van der Waals surface area contributed by atoms with E-state index in [-0.39, 0.29) is 0 Å². The first-order chi connectivity index (χ1) is 12.6. The third-order valence-corrected chi connectivity index (χ3v) is 5.41. The zero-order valence-electron chi connectivity index (χ0n) is 18.7. The van der Waals surface area contributed by atoms with Crippen LogP contribution < -0.4 is 0 Å². The number of benzene rings is 3. The molecule has 3 aromatic rings. The Kier molecular flexibility index (Phi) is 9.02. The van der Waals surface area contributed by atoms with E-state index in [1.807, 2.05) is 36.4 Å². The van der Waals surface area contributed by atoms with E-state index in [0.29, 0.717) is 0 Å². The average molecular weight is 361 g/mol. The Hall–Kier alpha value is -2.34. The molecule has 0 aliphatic carbocycles. The van der Waals surface area contributed by atoms with Crippen molar-refractivity contribution in [1.29, 1.82) is 0 Å². The zero-order valence-corrected chi connectivity index (χ0v) is 18.7. The molecule has 144 valence electrons. The third kappa shape index (κ3) is 7.06. The van der Waals surface area contributed by atoms with Gasteiger partial charge >= 0.3 is 0 Å². The smallest absolute Gasteiger partial charge is 0.0392 e. The lowest BCUT2D eigenvalue weighted by Crippen LogP contribution is -1.98. The van der Waals surface area contributed by atoms with Crippen molar-refractivity contribution in [3.63, 3.8) is 0 Å². The molecule has 0 saturated carbocycles. The topological polar surface area (TPSA) is 0 Å². The van der Waals surface area contributed by atoms with Gasteiger partial charge in [-0.05, 0) is 95.7 Å². The summed E-state index contributed by atoms with van der Waals surface area (Å²) in [6.07, 6.45) is 0. The Labute approximate surface area is 167 Å². The predicted octanol–water partition coefficient (Wildman–Crippen LogP) is 7.84. The highest BCUT2D eigenvalue weighted by molar-refractivity contribution is 5.48. The molecule has 0 fully saturated rings. The molecule has 0 N–H and O–H groups in total. The van der Waals surface area contributed by atoms with Crippen LogP contribution in [-0.4, -0.2) is 0 Å². The molecule has 27 heavy (non-hydrogen) atoms. The van der Waals surface area contributed by atoms with Crippen molar-refractivity contribution in [2.45, 2.75) is 62.3 Å². The molecule has 0 aromatic heterocycles. The van der Waals surface area contributed by atoms with Crippen molar-refractivity contribution in [3.05, 3.63) is 105 Å². The van der Waals surface area contributed by atoms with Gasteiger partial charge in [-0.2, -0.15) is 0 Å². The highest BCUT2D eigenvalue weighted by atomic mass is 14.1. The van der Waals surface area contributed by atoms with Crippen LogP contribution >= 0.6 is 0 Å². The van der Waals surface area contributed by atoms with E-state index in [0.717, 1.165) is 0 Å². The molecule has 0 heteroatoms. The van der Waals surface area contributed by atoms with Gasteiger partial charge in [0, 0.05) is 0 Å². The molecule has 0 aliphatic heterocycles. The molecule has 3 aromatic carbocycles. The summed E-state index contributed by atoms with van der Waals surface area (Å²) in [6.45, 7) is 19.6.